The number of rotatable bonds is 5. The number of carbonyl (C=O) groups is 1. The summed E-state index contributed by atoms with van der Waals surface area (Å²) < 4.78 is 27.1. The monoisotopic (exact) mass is 400 g/mol. The number of hydrogen-bond acceptors (Lipinski definition) is 4. The molecule has 1 aliphatic heterocycles. The van der Waals surface area contributed by atoms with Crippen molar-refractivity contribution >= 4 is 27.3 Å². The number of thiophene rings is 1. The second kappa shape index (κ2) is 8.37. The first-order valence-corrected chi connectivity index (χ1v) is 11.9. The van der Waals surface area contributed by atoms with E-state index in [0.29, 0.717) is 48.8 Å². The van der Waals surface area contributed by atoms with Gasteiger partial charge in [-0.2, -0.15) is 4.31 Å². The van der Waals surface area contributed by atoms with Crippen molar-refractivity contribution < 1.29 is 18.1 Å². The standard InChI is InChI=1S/C18H29N3O3S2/c1-14-5-3-6-16(15(14)2)19-17(22)13-20-8-10-21(11-9-20)26(23,24)18-7-4-12-25-18/h4,7,12,14-16H,3,5-6,8-11,13H2,1-2H3,(H,19,22)/p+1/t14-,15+,16+/m0/s1. The number of piperazine rings is 1. The Morgan fingerprint density at radius 1 is 1.31 bits per heavy atom. The SMILES string of the molecule is C[C@@H]1[C@@H](C)CCC[C@H]1NC(=O)C[NH+]1CCN(S(=O)(=O)c2cccs2)CC1. The van der Waals surface area contributed by atoms with Gasteiger partial charge in [0, 0.05) is 6.04 Å². The third-order valence-corrected chi connectivity index (χ3v) is 9.25. The first kappa shape index (κ1) is 19.8. The topological polar surface area (TPSA) is 70.9 Å². The zero-order valence-electron chi connectivity index (χ0n) is 15.6. The number of sulfonamides is 1. The fraction of sp³-hybridized carbons (Fsp3) is 0.722. The van der Waals surface area contributed by atoms with Gasteiger partial charge >= 0.3 is 0 Å². The van der Waals surface area contributed by atoms with E-state index in [4.69, 9.17) is 0 Å². The number of nitrogens with one attached hydrogen (secondary N) is 2. The fourth-order valence-corrected chi connectivity index (χ4v) is 6.61. The van der Waals surface area contributed by atoms with Crippen LogP contribution in [0.4, 0.5) is 0 Å². The Hall–Kier alpha value is -0.960. The summed E-state index contributed by atoms with van der Waals surface area (Å²) in [6, 6.07) is 3.70. The molecule has 1 saturated carbocycles. The summed E-state index contributed by atoms with van der Waals surface area (Å²) in [5, 5.41) is 5.00. The molecule has 26 heavy (non-hydrogen) atoms. The number of amides is 1. The first-order valence-electron chi connectivity index (χ1n) is 9.54. The summed E-state index contributed by atoms with van der Waals surface area (Å²) in [6.45, 7) is 7.23. The summed E-state index contributed by atoms with van der Waals surface area (Å²) in [7, 11) is -3.37. The van der Waals surface area contributed by atoms with Crippen LogP contribution < -0.4 is 10.2 Å². The van der Waals surface area contributed by atoms with Crippen molar-refractivity contribution in [1.29, 1.82) is 0 Å². The molecule has 2 fully saturated rings. The number of quaternary nitrogens is 1. The molecule has 1 saturated heterocycles. The molecule has 1 aliphatic carbocycles. The highest BCUT2D eigenvalue weighted by atomic mass is 32.2. The smallest absolute Gasteiger partial charge is 0.275 e. The van der Waals surface area contributed by atoms with Crippen molar-refractivity contribution in [3.05, 3.63) is 17.5 Å². The summed E-state index contributed by atoms with van der Waals surface area (Å²) >= 11 is 1.25. The number of nitrogens with zero attached hydrogens (tertiary/aromatic N) is 1. The fourth-order valence-electron chi connectivity index (χ4n) is 4.03. The highest BCUT2D eigenvalue weighted by Crippen LogP contribution is 2.29. The molecule has 2 heterocycles. The van der Waals surface area contributed by atoms with Crippen LogP contribution in [0, 0.1) is 11.8 Å². The van der Waals surface area contributed by atoms with Crippen LogP contribution in [0.15, 0.2) is 21.7 Å². The molecule has 0 spiro atoms. The second-order valence-corrected chi connectivity index (χ2v) is 10.8. The van der Waals surface area contributed by atoms with Gasteiger partial charge in [0.25, 0.3) is 15.9 Å². The lowest BCUT2D eigenvalue weighted by Crippen LogP contribution is -3.15. The molecule has 1 amide bonds. The minimum absolute atomic E-state index is 0.0977. The van der Waals surface area contributed by atoms with E-state index in [2.05, 4.69) is 19.2 Å². The van der Waals surface area contributed by atoms with Gasteiger partial charge in [-0.15, -0.1) is 11.3 Å². The van der Waals surface area contributed by atoms with Crippen LogP contribution in [0.2, 0.25) is 0 Å². The van der Waals surface area contributed by atoms with E-state index in [1.807, 2.05) is 0 Å². The molecule has 3 rings (SSSR count). The Bertz CT molecular complexity index is 697. The molecule has 6 nitrogen and oxygen atoms in total. The zero-order chi connectivity index (χ0) is 18.7. The average Bonchev–Trinajstić information content (AvgIpc) is 3.15. The molecule has 0 bridgehead atoms. The van der Waals surface area contributed by atoms with Gasteiger partial charge in [-0.3, -0.25) is 4.79 Å². The van der Waals surface area contributed by atoms with E-state index in [1.54, 1.807) is 21.8 Å². The third-order valence-electron chi connectivity index (χ3n) is 5.98. The van der Waals surface area contributed by atoms with Crippen LogP contribution in [0.1, 0.15) is 33.1 Å². The Morgan fingerprint density at radius 2 is 2.04 bits per heavy atom. The van der Waals surface area contributed by atoms with Crippen molar-refractivity contribution in [2.24, 2.45) is 11.8 Å². The van der Waals surface area contributed by atoms with Crippen molar-refractivity contribution in [2.45, 2.75) is 43.4 Å². The van der Waals surface area contributed by atoms with Crippen molar-refractivity contribution in [1.82, 2.24) is 9.62 Å². The number of hydrogen-bond donors (Lipinski definition) is 2. The third kappa shape index (κ3) is 4.47. The van der Waals surface area contributed by atoms with Gasteiger partial charge in [0.15, 0.2) is 6.54 Å². The predicted molar refractivity (Wildman–Crippen MR) is 103 cm³/mol. The molecule has 1 aromatic rings. The minimum Gasteiger partial charge on any atom is -0.348 e. The van der Waals surface area contributed by atoms with Crippen LogP contribution >= 0.6 is 11.3 Å². The van der Waals surface area contributed by atoms with E-state index >= 15 is 0 Å². The Balaban J connectivity index is 1.47. The van der Waals surface area contributed by atoms with Crippen LogP contribution in [0.25, 0.3) is 0 Å². The van der Waals surface area contributed by atoms with Gasteiger partial charge < -0.3 is 10.2 Å². The molecule has 0 aromatic carbocycles. The van der Waals surface area contributed by atoms with E-state index in [0.717, 1.165) is 11.3 Å². The van der Waals surface area contributed by atoms with Crippen molar-refractivity contribution in [3.63, 3.8) is 0 Å². The molecule has 2 aliphatic rings. The van der Waals surface area contributed by atoms with Gasteiger partial charge in [0.2, 0.25) is 0 Å². The predicted octanol–water partition coefficient (Wildman–Crippen LogP) is 0.578. The van der Waals surface area contributed by atoms with E-state index in [9.17, 15) is 13.2 Å². The molecular formula is C18H30N3O3S2+. The highest BCUT2D eigenvalue weighted by molar-refractivity contribution is 7.91. The normalized spacial score (nSPS) is 28.8. The van der Waals surface area contributed by atoms with Gasteiger partial charge in [-0.25, -0.2) is 8.42 Å². The maximum absolute atomic E-state index is 12.6. The molecule has 1 aromatic heterocycles. The first-order chi connectivity index (χ1) is 12.4. The summed E-state index contributed by atoms with van der Waals surface area (Å²) in [5.41, 5.74) is 0. The van der Waals surface area contributed by atoms with E-state index < -0.39 is 10.0 Å². The van der Waals surface area contributed by atoms with Crippen LogP contribution in [0.5, 0.6) is 0 Å². The summed E-state index contributed by atoms with van der Waals surface area (Å²) in [4.78, 5) is 13.6. The summed E-state index contributed by atoms with van der Waals surface area (Å²) in [6.07, 6.45) is 3.50. The Morgan fingerprint density at radius 3 is 2.69 bits per heavy atom. The van der Waals surface area contributed by atoms with Gasteiger partial charge in [0.05, 0.1) is 26.2 Å². The largest absolute Gasteiger partial charge is 0.348 e. The highest BCUT2D eigenvalue weighted by Gasteiger charge is 2.33. The Labute approximate surface area is 160 Å². The van der Waals surface area contributed by atoms with Crippen LogP contribution in [0.3, 0.4) is 0 Å². The quantitative estimate of drug-likeness (QED) is 0.760. The summed E-state index contributed by atoms with van der Waals surface area (Å²) in [5.74, 6) is 1.28. The molecule has 3 atom stereocenters. The molecular weight excluding hydrogens is 370 g/mol. The Kier molecular flexibility index (Phi) is 6.37. The van der Waals surface area contributed by atoms with Crippen LogP contribution in [-0.4, -0.2) is 57.4 Å². The maximum atomic E-state index is 12.6. The zero-order valence-corrected chi connectivity index (χ0v) is 17.2. The lowest BCUT2D eigenvalue weighted by Gasteiger charge is -2.35. The molecule has 0 unspecified atom stereocenters. The lowest BCUT2D eigenvalue weighted by molar-refractivity contribution is -0.895. The van der Waals surface area contributed by atoms with Crippen molar-refractivity contribution in [3.8, 4) is 0 Å². The van der Waals surface area contributed by atoms with Gasteiger partial charge in [-0.1, -0.05) is 32.8 Å². The van der Waals surface area contributed by atoms with E-state index in [1.165, 1.54) is 24.2 Å². The minimum atomic E-state index is -3.37. The lowest BCUT2D eigenvalue weighted by atomic mass is 9.78. The van der Waals surface area contributed by atoms with Crippen LogP contribution in [-0.2, 0) is 14.8 Å². The van der Waals surface area contributed by atoms with Gasteiger partial charge in [0.1, 0.15) is 4.21 Å². The second-order valence-electron chi connectivity index (χ2n) is 7.70. The molecule has 146 valence electrons. The van der Waals surface area contributed by atoms with E-state index in [-0.39, 0.29) is 11.9 Å². The van der Waals surface area contributed by atoms with Gasteiger partial charge in [-0.05, 0) is 29.7 Å². The number of carbonyl (C=O) groups excluding carboxylic acids is 1. The van der Waals surface area contributed by atoms with Crippen molar-refractivity contribution in [2.75, 3.05) is 32.7 Å². The molecule has 2 N–H and O–H groups in total. The maximum Gasteiger partial charge on any atom is 0.275 e. The average molecular weight is 401 g/mol. The molecule has 8 heteroatoms. The molecule has 0 radical (unpaired) electrons.